The monoisotopic (exact) mass is 405 g/mol. The van der Waals surface area contributed by atoms with E-state index in [1.165, 1.54) is 34.5 Å². The van der Waals surface area contributed by atoms with Gasteiger partial charge in [0.25, 0.3) is 5.69 Å². The summed E-state index contributed by atoms with van der Waals surface area (Å²) in [7, 11) is 0. The lowest BCUT2D eigenvalue weighted by Crippen LogP contribution is -2.29. The highest BCUT2D eigenvalue weighted by molar-refractivity contribution is 5.92. The Morgan fingerprint density at radius 3 is 2.67 bits per heavy atom. The van der Waals surface area contributed by atoms with E-state index in [2.05, 4.69) is 40.5 Å². The number of nitro groups is 1. The normalized spacial score (nSPS) is 13.5. The summed E-state index contributed by atoms with van der Waals surface area (Å²) < 4.78 is 0. The minimum Gasteiger partial charge on any atom is -0.506 e. The number of nitrogens with zero attached hydrogens (tertiary/aromatic N) is 2. The largest absolute Gasteiger partial charge is 0.506 e. The van der Waals surface area contributed by atoms with E-state index in [-0.39, 0.29) is 29.5 Å². The van der Waals surface area contributed by atoms with E-state index in [9.17, 15) is 20.0 Å². The average Bonchev–Trinajstić information content (AvgIpc) is 3.58. The van der Waals surface area contributed by atoms with Crippen molar-refractivity contribution in [1.29, 1.82) is 0 Å². The van der Waals surface area contributed by atoms with E-state index < -0.39 is 4.92 Å². The van der Waals surface area contributed by atoms with Crippen LogP contribution in [0, 0.1) is 10.1 Å². The molecule has 0 unspecified atom stereocenters. The summed E-state index contributed by atoms with van der Waals surface area (Å²) >= 11 is 0. The summed E-state index contributed by atoms with van der Waals surface area (Å²) in [5.41, 5.74) is 1.11. The molecule has 0 spiro atoms. The number of hydrogen-bond acceptors (Lipinski definition) is 5. The molecule has 3 aromatic rings. The van der Waals surface area contributed by atoms with Gasteiger partial charge in [0.2, 0.25) is 5.91 Å². The first-order chi connectivity index (χ1) is 14.5. The van der Waals surface area contributed by atoms with E-state index in [1.807, 2.05) is 12.1 Å². The summed E-state index contributed by atoms with van der Waals surface area (Å²) in [6.07, 6.45) is 2.49. The van der Waals surface area contributed by atoms with Gasteiger partial charge >= 0.3 is 0 Å². The zero-order chi connectivity index (χ0) is 21.1. The fourth-order valence-corrected chi connectivity index (χ4v) is 3.68. The number of non-ortho nitro benzene ring substituents is 1. The summed E-state index contributed by atoms with van der Waals surface area (Å²) in [6.45, 7) is 1.34. The topological polar surface area (TPSA) is 95.7 Å². The van der Waals surface area contributed by atoms with Gasteiger partial charge in [-0.25, -0.2) is 0 Å². The van der Waals surface area contributed by atoms with Crippen LogP contribution in [0.3, 0.4) is 0 Å². The van der Waals surface area contributed by atoms with Crippen molar-refractivity contribution in [2.75, 3.05) is 11.9 Å². The number of aromatic hydroxyl groups is 1. The molecule has 0 atom stereocenters. The Balaban J connectivity index is 1.42. The van der Waals surface area contributed by atoms with Crippen LogP contribution >= 0.6 is 0 Å². The molecule has 0 aromatic heterocycles. The second kappa shape index (κ2) is 8.51. The van der Waals surface area contributed by atoms with Crippen molar-refractivity contribution in [3.8, 4) is 5.75 Å². The Morgan fingerprint density at radius 2 is 1.90 bits per heavy atom. The molecule has 1 saturated carbocycles. The molecule has 0 heterocycles. The van der Waals surface area contributed by atoms with Crippen molar-refractivity contribution < 1.29 is 14.8 Å². The first-order valence-electron chi connectivity index (χ1n) is 9.99. The van der Waals surface area contributed by atoms with Crippen molar-refractivity contribution in [2.45, 2.75) is 31.8 Å². The SMILES string of the molecule is O=C(CCN(Cc1cccc2ccccc12)C1CC1)Nc1cc([N+](=O)[O-])ccc1O. The van der Waals surface area contributed by atoms with E-state index in [0.29, 0.717) is 12.6 Å². The smallest absolute Gasteiger partial charge is 0.271 e. The van der Waals surface area contributed by atoms with Gasteiger partial charge in [-0.15, -0.1) is 0 Å². The molecule has 0 saturated heterocycles. The van der Waals surface area contributed by atoms with Gasteiger partial charge < -0.3 is 10.4 Å². The number of hydrogen-bond donors (Lipinski definition) is 2. The van der Waals surface area contributed by atoms with Crippen molar-refractivity contribution >= 4 is 28.1 Å². The Morgan fingerprint density at radius 1 is 1.13 bits per heavy atom. The molecule has 0 aliphatic heterocycles. The molecule has 30 heavy (non-hydrogen) atoms. The molecular formula is C23H23N3O4. The van der Waals surface area contributed by atoms with Gasteiger partial charge in [0.15, 0.2) is 0 Å². The molecule has 4 rings (SSSR count). The Kier molecular flexibility index (Phi) is 5.63. The van der Waals surface area contributed by atoms with Gasteiger partial charge in [-0.3, -0.25) is 19.8 Å². The molecule has 3 aromatic carbocycles. The second-order valence-electron chi connectivity index (χ2n) is 7.60. The van der Waals surface area contributed by atoms with Gasteiger partial charge in [-0.05, 0) is 35.2 Å². The number of nitro benzene ring substituents is 1. The van der Waals surface area contributed by atoms with Crippen LogP contribution in [0.2, 0.25) is 0 Å². The zero-order valence-electron chi connectivity index (χ0n) is 16.5. The number of rotatable bonds is 8. The van der Waals surface area contributed by atoms with Crippen molar-refractivity contribution in [1.82, 2.24) is 4.90 Å². The number of phenols is 1. The van der Waals surface area contributed by atoms with Gasteiger partial charge in [-0.2, -0.15) is 0 Å². The minimum absolute atomic E-state index is 0.0567. The minimum atomic E-state index is -0.561. The molecule has 2 N–H and O–H groups in total. The molecule has 7 nitrogen and oxygen atoms in total. The lowest BCUT2D eigenvalue weighted by Gasteiger charge is -2.22. The summed E-state index contributed by atoms with van der Waals surface area (Å²) in [6, 6.07) is 18.6. The van der Waals surface area contributed by atoms with Crippen LogP contribution in [0.25, 0.3) is 10.8 Å². The number of carbonyl (C=O) groups excluding carboxylic acids is 1. The van der Waals surface area contributed by atoms with Crippen LogP contribution in [-0.2, 0) is 11.3 Å². The molecule has 1 aliphatic carbocycles. The van der Waals surface area contributed by atoms with Crippen LogP contribution in [0.15, 0.2) is 60.7 Å². The van der Waals surface area contributed by atoms with Crippen LogP contribution in [0.5, 0.6) is 5.75 Å². The summed E-state index contributed by atoms with van der Waals surface area (Å²) in [5.74, 6) is -0.474. The number of amides is 1. The summed E-state index contributed by atoms with van der Waals surface area (Å²) in [5, 5.41) is 25.8. The van der Waals surface area contributed by atoms with Crippen molar-refractivity contribution in [2.24, 2.45) is 0 Å². The maximum Gasteiger partial charge on any atom is 0.271 e. The fraction of sp³-hybridized carbons (Fsp3) is 0.261. The standard InChI is InChI=1S/C23H23N3O4/c27-22-11-10-19(26(29)30)14-21(22)24-23(28)12-13-25(18-8-9-18)15-17-6-3-5-16-4-1-2-7-20(16)17/h1-7,10-11,14,18,27H,8-9,12-13,15H2,(H,24,28). The lowest BCUT2D eigenvalue weighted by molar-refractivity contribution is -0.384. The highest BCUT2D eigenvalue weighted by atomic mass is 16.6. The van der Waals surface area contributed by atoms with Gasteiger partial charge in [0, 0.05) is 37.7 Å². The predicted octanol–water partition coefficient (Wildman–Crippen LogP) is 4.45. The molecule has 7 heteroatoms. The summed E-state index contributed by atoms with van der Waals surface area (Å²) in [4.78, 5) is 25.1. The van der Waals surface area contributed by atoms with Gasteiger partial charge in [0.1, 0.15) is 5.75 Å². The second-order valence-corrected chi connectivity index (χ2v) is 7.60. The highest BCUT2D eigenvalue weighted by Crippen LogP contribution is 2.31. The van der Waals surface area contributed by atoms with E-state index in [4.69, 9.17) is 0 Å². The van der Waals surface area contributed by atoms with Gasteiger partial charge in [-0.1, -0.05) is 42.5 Å². The molecule has 1 fully saturated rings. The van der Waals surface area contributed by atoms with Crippen molar-refractivity contribution in [3.05, 3.63) is 76.3 Å². The zero-order valence-corrected chi connectivity index (χ0v) is 16.5. The quantitative estimate of drug-likeness (QED) is 0.328. The third-order valence-electron chi connectivity index (χ3n) is 5.41. The van der Waals surface area contributed by atoms with Crippen molar-refractivity contribution in [3.63, 3.8) is 0 Å². The number of anilines is 1. The first-order valence-corrected chi connectivity index (χ1v) is 9.99. The Labute approximate surface area is 174 Å². The third-order valence-corrected chi connectivity index (χ3v) is 5.41. The molecule has 0 radical (unpaired) electrons. The molecule has 154 valence electrons. The Hall–Kier alpha value is -3.45. The number of benzene rings is 3. The third kappa shape index (κ3) is 4.58. The number of nitrogens with one attached hydrogen (secondary N) is 1. The van der Waals surface area contributed by atoms with Crippen LogP contribution < -0.4 is 5.32 Å². The average molecular weight is 405 g/mol. The number of phenolic OH excluding ortho intramolecular Hbond substituents is 1. The van der Waals surface area contributed by atoms with E-state index in [1.54, 1.807) is 0 Å². The maximum atomic E-state index is 12.4. The van der Waals surface area contributed by atoms with Crippen LogP contribution in [-0.4, -0.2) is 33.4 Å². The number of carbonyl (C=O) groups is 1. The van der Waals surface area contributed by atoms with E-state index in [0.717, 1.165) is 19.4 Å². The maximum absolute atomic E-state index is 12.4. The Bertz CT molecular complexity index is 1090. The highest BCUT2D eigenvalue weighted by Gasteiger charge is 2.29. The van der Waals surface area contributed by atoms with E-state index >= 15 is 0 Å². The lowest BCUT2D eigenvalue weighted by atomic mass is 10.0. The molecule has 0 bridgehead atoms. The molecular weight excluding hydrogens is 382 g/mol. The molecule has 1 amide bonds. The van der Waals surface area contributed by atoms with Crippen LogP contribution in [0.4, 0.5) is 11.4 Å². The van der Waals surface area contributed by atoms with Gasteiger partial charge in [0.05, 0.1) is 10.6 Å². The molecule has 1 aliphatic rings. The van der Waals surface area contributed by atoms with Crippen LogP contribution in [0.1, 0.15) is 24.8 Å². The number of fused-ring (bicyclic) bond motifs is 1. The fourth-order valence-electron chi connectivity index (χ4n) is 3.68. The predicted molar refractivity (Wildman–Crippen MR) is 115 cm³/mol. The first kappa shape index (κ1) is 19.8.